The Morgan fingerprint density at radius 2 is 1.94 bits per heavy atom. The highest BCUT2D eigenvalue weighted by Gasteiger charge is 2.40. The molecule has 2 amide bonds. The van der Waals surface area contributed by atoms with Gasteiger partial charge >= 0.3 is 0 Å². The number of fused-ring (bicyclic) bond motifs is 1. The molecule has 2 unspecified atom stereocenters. The van der Waals surface area contributed by atoms with Crippen molar-refractivity contribution in [2.45, 2.75) is 50.6 Å². The van der Waals surface area contributed by atoms with Crippen molar-refractivity contribution in [3.63, 3.8) is 0 Å². The monoisotopic (exact) mass is 248 g/mol. The van der Waals surface area contributed by atoms with Crippen LogP contribution in [0, 0.1) is 0 Å². The smallest absolute Gasteiger partial charge is 0.245 e. The summed E-state index contributed by atoms with van der Waals surface area (Å²) < 4.78 is 0. The van der Waals surface area contributed by atoms with E-state index in [0.717, 1.165) is 38.6 Å². The van der Waals surface area contributed by atoms with E-state index in [2.05, 4.69) is 12.2 Å². The quantitative estimate of drug-likeness (QED) is 0.657. The Labute approximate surface area is 108 Å². The average molecular weight is 248 g/mol. The second kappa shape index (κ2) is 4.75. The number of amides is 2. The molecule has 0 aromatic heterocycles. The highest BCUT2D eigenvalue weighted by molar-refractivity contribution is 5.90. The van der Waals surface area contributed by atoms with Gasteiger partial charge in [0.1, 0.15) is 6.04 Å². The second-order valence-electron chi connectivity index (χ2n) is 5.47. The first kappa shape index (κ1) is 11.8. The molecule has 4 heteroatoms. The van der Waals surface area contributed by atoms with Crippen LogP contribution in [0.1, 0.15) is 38.5 Å². The van der Waals surface area contributed by atoms with Gasteiger partial charge in [-0.2, -0.15) is 0 Å². The lowest BCUT2D eigenvalue weighted by Crippen LogP contribution is -2.47. The van der Waals surface area contributed by atoms with Crippen LogP contribution in [0.4, 0.5) is 0 Å². The average Bonchev–Trinajstić information content (AvgIpc) is 2.85. The number of nitrogens with zero attached hydrogens (tertiary/aromatic N) is 2. The van der Waals surface area contributed by atoms with Gasteiger partial charge in [-0.25, -0.2) is 0 Å². The minimum atomic E-state index is -0.161. The summed E-state index contributed by atoms with van der Waals surface area (Å²) in [5, 5.41) is 0. The molecule has 1 aliphatic carbocycles. The zero-order chi connectivity index (χ0) is 12.5. The summed E-state index contributed by atoms with van der Waals surface area (Å²) in [5.41, 5.74) is 0. The van der Waals surface area contributed by atoms with Crippen molar-refractivity contribution in [2.24, 2.45) is 0 Å². The summed E-state index contributed by atoms with van der Waals surface area (Å²) in [6.45, 7) is 1.39. The third-order valence-electron chi connectivity index (χ3n) is 4.39. The number of hydrogen-bond acceptors (Lipinski definition) is 2. The summed E-state index contributed by atoms with van der Waals surface area (Å²) in [4.78, 5) is 28.4. The number of rotatable bonds is 1. The molecule has 18 heavy (non-hydrogen) atoms. The van der Waals surface area contributed by atoms with Crippen molar-refractivity contribution in [2.75, 3.05) is 13.1 Å². The Bertz CT molecular complexity index is 391. The van der Waals surface area contributed by atoms with Gasteiger partial charge in [0.15, 0.2) is 0 Å². The molecule has 2 aliphatic heterocycles. The summed E-state index contributed by atoms with van der Waals surface area (Å²) in [5.74, 6) is 0.360. The predicted octanol–water partition coefficient (Wildman–Crippen LogP) is 1.32. The van der Waals surface area contributed by atoms with Crippen molar-refractivity contribution in [3.8, 4) is 0 Å². The van der Waals surface area contributed by atoms with Crippen LogP contribution >= 0.6 is 0 Å². The molecule has 2 saturated heterocycles. The first-order valence-electron chi connectivity index (χ1n) is 7.02. The Morgan fingerprint density at radius 1 is 1.06 bits per heavy atom. The normalized spacial score (nSPS) is 32.7. The van der Waals surface area contributed by atoms with E-state index in [0.29, 0.717) is 19.0 Å². The number of hydrogen-bond donors (Lipinski definition) is 0. The van der Waals surface area contributed by atoms with Gasteiger partial charge in [0.2, 0.25) is 11.8 Å². The first-order chi connectivity index (χ1) is 8.77. The molecule has 0 spiro atoms. The van der Waals surface area contributed by atoms with Crippen LogP contribution < -0.4 is 0 Å². The SMILES string of the molecule is O=C1C2CCCN2C(=O)CCN1C1CC=CCC1. The maximum Gasteiger partial charge on any atom is 0.245 e. The zero-order valence-corrected chi connectivity index (χ0v) is 10.7. The molecule has 2 heterocycles. The van der Waals surface area contributed by atoms with Crippen LogP contribution in [0.2, 0.25) is 0 Å². The van der Waals surface area contributed by atoms with E-state index >= 15 is 0 Å². The fourth-order valence-electron chi connectivity index (χ4n) is 3.41. The molecule has 2 fully saturated rings. The van der Waals surface area contributed by atoms with Crippen molar-refractivity contribution in [1.82, 2.24) is 9.80 Å². The topological polar surface area (TPSA) is 40.6 Å². The summed E-state index contributed by atoms with van der Waals surface area (Å²) in [7, 11) is 0. The van der Waals surface area contributed by atoms with Crippen LogP contribution in [0.15, 0.2) is 12.2 Å². The lowest BCUT2D eigenvalue weighted by Gasteiger charge is -2.33. The van der Waals surface area contributed by atoms with E-state index in [1.165, 1.54) is 0 Å². The van der Waals surface area contributed by atoms with Crippen LogP contribution in [-0.4, -0.2) is 46.8 Å². The van der Waals surface area contributed by atoms with E-state index in [1.54, 1.807) is 4.90 Å². The molecule has 2 atom stereocenters. The molecular weight excluding hydrogens is 228 g/mol. The van der Waals surface area contributed by atoms with Crippen molar-refractivity contribution in [1.29, 1.82) is 0 Å². The van der Waals surface area contributed by atoms with E-state index in [4.69, 9.17) is 0 Å². The van der Waals surface area contributed by atoms with Gasteiger partial charge in [0, 0.05) is 25.6 Å². The van der Waals surface area contributed by atoms with Crippen LogP contribution in [0.5, 0.6) is 0 Å². The molecule has 0 aromatic carbocycles. The number of carbonyl (C=O) groups excluding carboxylic acids is 2. The van der Waals surface area contributed by atoms with Gasteiger partial charge in [-0.1, -0.05) is 12.2 Å². The maximum absolute atomic E-state index is 12.6. The predicted molar refractivity (Wildman–Crippen MR) is 67.8 cm³/mol. The molecule has 3 aliphatic rings. The second-order valence-corrected chi connectivity index (χ2v) is 5.47. The van der Waals surface area contributed by atoms with Crippen LogP contribution in [-0.2, 0) is 9.59 Å². The fraction of sp³-hybridized carbons (Fsp3) is 0.714. The fourth-order valence-corrected chi connectivity index (χ4v) is 3.41. The molecule has 4 nitrogen and oxygen atoms in total. The number of allylic oxidation sites excluding steroid dienone is 1. The van der Waals surface area contributed by atoms with Gasteiger partial charge in [0.05, 0.1) is 0 Å². The molecule has 0 aromatic rings. The minimum Gasteiger partial charge on any atom is -0.337 e. The van der Waals surface area contributed by atoms with Crippen LogP contribution in [0.3, 0.4) is 0 Å². The van der Waals surface area contributed by atoms with Crippen molar-refractivity contribution >= 4 is 11.8 Å². The lowest BCUT2D eigenvalue weighted by molar-refractivity contribution is -0.140. The standard InChI is InChI=1S/C14H20N2O2/c17-13-8-10-15(11-5-2-1-3-6-11)14(18)12-7-4-9-16(12)13/h1-2,11-12H,3-10H2. The third kappa shape index (κ3) is 1.93. The third-order valence-corrected chi connectivity index (χ3v) is 4.39. The molecule has 0 bridgehead atoms. The van der Waals surface area contributed by atoms with E-state index in [1.807, 2.05) is 4.90 Å². The highest BCUT2D eigenvalue weighted by atomic mass is 16.2. The molecule has 0 N–H and O–H groups in total. The van der Waals surface area contributed by atoms with Gasteiger partial charge in [-0.05, 0) is 32.1 Å². The van der Waals surface area contributed by atoms with Gasteiger partial charge < -0.3 is 9.80 Å². The van der Waals surface area contributed by atoms with Gasteiger partial charge in [0.25, 0.3) is 0 Å². The van der Waals surface area contributed by atoms with Gasteiger partial charge in [-0.3, -0.25) is 9.59 Å². The van der Waals surface area contributed by atoms with Gasteiger partial charge in [-0.15, -0.1) is 0 Å². The Morgan fingerprint density at radius 3 is 2.72 bits per heavy atom. The molecule has 0 radical (unpaired) electrons. The summed E-state index contributed by atoms with van der Waals surface area (Å²) >= 11 is 0. The molecular formula is C14H20N2O2. The largest absolute Gasteiger partial charge is 0.337 e. The Hall–Kier alpha value is -1.32. The van der Waals surface area contributed by atoms with Crippen LogP contribution in [0.25, 0.3) is 0 Å². The molecule has 3 rings (SSSR count). The van der Waals surface area contributed by atoms with E-state index in [-0.39, 0.29) is 17.9 Å². The Kier molecular flexibility index (Phi) is 3.10. The van der Waals surface area contributed by atoms with Crippen molar-refractivity contribution in [3.05, 3.63) is 12.2 Å². The highest BCUT2D eigenvalue weighted by Crippen LogP contribution is 2.27. The van der Waals surface area contributed by atoms with E-state index < -0.39 is 0 Å². The molecule has 98 valence electrons. The Balaban J connectivity index is 1.80. The summed E-state index contributed by atoms with van der Waals surface area (Å²) in [6, 6.07) is 0.154. The van der Waals surface area contributed by atoms with E-state index in [9.17, 15) is 9.59 Å². The number of carbonyl (C=O) groups is 2. The maximum atomic E-state index is 12.6. The lowest BCUT2D eigenvalue weighted by atomic mass is 9.99. The van der Waals surface area contributed by atoms with Crippen molar-refractivity contribution < 1.29 is 9.59 Å². The zero-order valence-electron chi connectivity index (χ0n) is 10.7. The first-order valence-corrected chi connectivity index (χ1v) is 7.02. The molecule has 0 saturated carbocycles. The summed E-state index contributed by atoms with van der Waals surface area (Å²) in [6.07, 6.45) is 9.73. The minimum absolute atomic E-state index is 0.161.